The lowest BCUT2D eigenvalue weighted by atomic mass is 9.98. The fraction of sp³-hybridized carbons (Fsp3) is 0.281. The standard InChI is InChI=1S/C32H31N5O4S/c1-2-3-15-28(31(38)39)37-30(34-35-36-37)27(17-20-19-42-29-16-9-8-10-21(20)29)33-32(40)41-18-26-24-13-6-4-11-22(24)23-12-5-7-14-25(23)26/h4-14,16,19,26-28H,2-3,15,17-18H2,1H3,(H,33,40)(H,38,39)/t27-,28-/m0/s1. The number of hydrogen-bond acceptors (Lipinski definition) is 7. The van der Waals surface area contributed by atoms with Gasteiger partial charge in [0.15, 0.2) is 11.9 Å². The van der Waals surface area contributed by atoms with Gasteiger partial charge >= 0.3 is 12.1 Å². The number of carboxylic acid groups (broad SMARTS) is 1. The average molecular weight is 582 g/mol. The highest BCUT2D eigenvalue weighted by Crippen LogP contribution is 2.44. The van der Waals surface area contributed by atoms with Crippen LogP contribution in [-0.2, 0) is 16.0 Å². The summed E-state index contributed by atoms with van der Waals surface area (Å²) < 4.78 is 8.30. The first-order valence-electron chi connectivity index (χ1n) is 14.1. The minimum Gasteiger partial charge on any atom is -0.480 e. The predicted octanol–water partition coefficient (Wildman–Crippen LogP) is 6.53. The molecule has 0 spiro atoms. The molecule has 1 aliphatic rings. The molecule has 42 heavy (non-hydrogen) atoms. The SMILES string of the molecule is CCCC[C@@H](C(=O)O)n1nnnc1[C@H](Cc1csc2ccccc12)NC(=O)OCC1c2ccccc2-c2ccccc21. The number of benzene rings is 3. The van der Waals surface area contributed by atoms with Gasteiger partial charge in [-0.1, -0.05) is 86.5 Å². The lowest BCUT2D eigenvalue weighted by molar-refractivity contribution is -0.141. The number of nitrogens with one attached hydrogen (secondary N) is 1. The highest BCUT2D eigenvalue weighted by molar-refractivity contribution is 7.17. The maximum absolute atomic E-state index is 13.4. The number of amides is 1. The van der Waals surface area contributed by atoms with Crippen LogP contribution in [0.25, 0.3) is 21.2 Å². The molecule has 0 bridgehead atoms. The van der Waals surface area contributed by atoms with Gasteiger partial charge in [0.25, 0.3) is 0 Å². The van der Waals surface area contributed by atoms with Crippen LogP contribution in [0, 0.1) is 0 Å². The summed E-state index contributed by atoms with van der Waals surface area (Å²) in [5.41, 5.74) is 5.55. The minimum atomic E-state index is -1.02. The summed E-state index contributed by atoms with van der Waals surface area (Å²) in [6.45, 7) is 2.16. The lowest BCUT2D eigenvalue weighted by Gasteiger charge is -2.21. The van der Waals surface area contributed by atoms with E-state index in [1.807, 2.05) is 55.5 Å². The van der Waals surface area contributed by atoms with Crippen molar-refractivity contribution in [3.8, 4) is 11.1 Å². The van der Waals surface area contributed by atoms with Crippen LogP contribution in [-0.4, -0.2) is 44.0 Å². The summed E-state index contributed by atoms with van der Waals surface area (Å²) in [4.78, 5) is 25.6. The molecule has 0 fully saturated rings. The maximum atomic E-state index is 13.4. The Hall–Kier alpha value is -4.57. The first-order chi connectivity index (χ1) is 20.5. The number of carboxylic acids is 1. The van der Waals surface area contributed by atoms with Gasteiger partial charge in [-0.05, 0) is 61.5 Å². The topological polar surface area (TPSA) is 119 Å². The first-order valence-corrected chi connectivity index (χ1v) is 15.0. The van der Waals surface area contributed by atoms with Crippen molar-refractivity contribution >= 4 is 33.5 Å². The normalized spacial score (nSPS) is 13.8. The maximum Gasteiger partial charge on any atom is 0.407 e. The van der Waals surface area contributed by atoms with Crippen molar-refractivity contribution in [2.45, 2.75) is 50.6 Å². The van der Waals surface area contributed by atoms with Crippen molar-refractivity contribution < 1.29 is 19.4 Å². The highest BCUT2D eigenvalue weighted by atomic mass is 32.1. The van der Waals surface area contributed by atoms with E-state index in [1.54, 1.807) is 11.3 Å². The third-order valence-corrected chi connectivity index (χ3v) is 8.87. The molecule has 214 valence electrons. The first kappa shape index (κ1) is 27.6. The second kappa shape index (κ2) is 12.1. The Balaban J connectivity index is 1.27. The van der Waals surface area contributed by atoms with Crippen LogP contribution in [0.15, 0.2) is 78.2 Å². The van der Waals surface area contributed by atoms with E-state index in [0.717, 1.165) is 44.3 Å². The summed E-state index contributed by atoms with van der Waals surface area (Å²) >= 11 is 1.62. The predicted molar refractivity (Wildman–Crippen MR) is 160 cm³/mol. The smallest absolute Gasteiger partial charge is 0.407 e. The monoisotopic (exact) mass is 581 g/mol. The number of alkyl carbamates (subject to hydrolysis) is 1. The number of fused-ring (bicyclic) bond motifs is 4. The zero-order valence-electron chi connectivity index (χ0n) is 23.1. The Morgan fingerprint density at radius 1 is 1.02 bits per heavy atom. The summed E-state index contributed by atoms with van der Waals surface area (Å²) in [5.74, 6) is -0.821. The average Bonchev–Trinajstić information content (AvgIpc) is 3.72. The highest BCUT2D eigenvalue weighted by Gasteiger charge is 2.32. The molecule has 2 heterocycles. The van der Waals surface area contributed by atoms with E-state index < -0.39 is 24.1 Å². The second-order valence-electron chi connectivity index (χ2n) is 10.5. The van der Waals surface area contributed by atoms with Gasteiger partial charge in [-0.25, -0.2) is 14.3 Å². The number of carbonyl (C=O) groups excluding carboxylic acids is 1. The van der Waals surface area contributed by atoms with E-state index in [9.17, 15) is 14.7 Å². The summed E-state index contributed by atoms with van der Waals surface area (Å²) in [6.07, 6.45) is 1.67. The summed E-state index contributed by atoms with van der Waals surface area (Å²) in [5, 5.41) is 28.2. The number of ether oxygens (including phenoxy) is 1. The van der Waals surface area contributed by atoms with E-state index in [1.165, 1.54) is 4.68 Å². The molecule has 5 aromatic rings. The third-order valence-electron chi connectivity index (χ3n) is 7.86. The van der Waals surface area contributed by atoms with Gasteiger partial charge in [0.05, 0.1) is 6.04 Å². The van der Waals surface area contributed by atoms with Gasteiger partial charge in [-0.2, -0.15) is 0 Å². The zero-order chi connectivity index (χ0) is 29.1. The Kier molecular flexibility index (Phi) is 7.96. The fourth-order valence-electron chi connectivity index (χ4n) is 5.80. The van der Waals surface area contributed by atoms with Crippen molar-refractivity contribution in [3.63, 3.8) is 0 Å². The molecule has 0 unspecified atom stereocenters. The number of thiophene rings is 1. The molecule has 10 heteroatoms. The molecule has 2 aromatic heterocycles. The number of unbranched alkanes of at least 4 members (excludes halogenated alkanes) is 1. The van der Waals surface area contributed by atoms with E-state index >= 15 is 0 Å². The van der Waals surface area contributed by atoms with Gasteiger partial charge in [0, 0.05) is 17.0 Å². The molecular formula is C32H31N5O4S. The molecule has 2 N–H and O–H groups in total. The largest absolute Gasteiger partial charge is 0.480 e. The van der Waals surface area contributed by atoms with Crippen LogP contribution in [0.1, 0.15) is 66.7 Å². The number of hydrogen-bond donors (Lipinski definition) is 2. The number of rotatable bonds is 11. The van der Waals surface area contributed by atoms with Crippen LogP contribution in [0.4, 0.5) is 4.79 Å². The van der Waals surface area contributed by atoms with Gasteiger partial charge in [0.2, 0.25) is 0 Å². The second-order valence-corrected chi connectivity index (χ2v) is 11.4. The van der Waals surface area contributed by atoms with Crippen LogP contribution in [0.3, 0.4) is 0 Å². The van der Waals surface area contributed by atoms with Crippen molar-refractivity contribution in [1.82, 2.24) is 25.5 Å². The molecule has 1 amide bonds. The van der Waals surface area contributed by atoms with Gasteiger partial charge in [-0.15, -0.1) is 16.4 Å². The molecule has 6 rings (SSSR count). The minimum absolute atomic E-state index is 0.0850. The molecule has 0 radical (unpaired) electrons. The van der Waals surface area contributed by atoms with E-state index in [4.69, 9.17) is 4.74 Å². The van der Waals surface area contributed by atoms with Crippen LogP contribution >= 0.6 is 11.3 Å². The molecule has 0 saturated heterocycles. The van der Waals surface area contributed by atoms with Crippen molar-refractivity contribution in [1.29, 1.82) is 0 Å². The molecule has 2 atom stereocenters. The molecular weight excluding hydrogens is 550 g/mol. The number of aliphatic carboxylic acids is 1. The van der Waals surface area contributed by atoms with Crippen LogP contribution in [0.5, 0.6) is 0 Å². The van der Waals surface area contributed by atoms with E-state index in [-0.39, 0.29) is 18.3 Å². The molecule has 3 aromatic carbocycles. The quantitative estimate of drug-likeness (QED) is 0.182. The van der Waals surface area contributed by atoms with Crippen molar-refractivity contribution in [2.24, 2.45) is 0 Å². The number of aromatic nitrogens is 4. The van der Waals surface area contributed by atoms with Gasteiger partial charge in [-0.3, -0.25) is 0 Å². The Labute approximate surface area is 247 Å². The molecule has 0 aliphatic heterocycles. The Morgan fingerprint density at radius 2 is 1.71 bits per heavy atom. The van der Waals surface area contributed by atoms with Crippen LogP contribution in [0.2, 0.25) is 0 Å². The lowest BCUT2D eigenvalue weighted by Crippen LogP contribution is -2.35. The number of tetrazole rings is 1. The van der Waals surface area contributed by atoms with Gasteiger partial charge in [0.1, 0.15) is 6.61 Å². The molecule has 1 aliphatic carbocycles. The van der Waals surface area contributed by atoms with Gasteiger partial charge < -0.3 is 15.2 Å². The fourth-order valence-corrected chi connectivity index (χ4v) is 6.78. The van der Waals surface area contributed by atoms with E-state index in [0.29, 0.717) is 19.3 Å². The molecule has 0 saturated carbocycles. The third kappa shape index (κ3) is 5.37. The summed E-state index contributed by atoms with van der Waals surface area (Å²) in [6, 6.07) is 22.7. The summed E-state index contributed by atoms with van der Waals surface area (Å²) in [7, 11) is 0. The Bertz CT molecular complexity index is 1690. The Morgan fingerprint density at radius 3 is 2.43 bits per heavy atom. The van der Waals surface area contributed by atoms with Crippen LogP contribution < -0.4 is 5.32 Å². The number of nitrogens with zero attached hydrogens (tertiary/aromatic N) is 4. The van der Waals surface area contributed by atoms with Crippen molar-refractivity contribution in [2.75, 3.05) is 6.61 Å². The molecule has 9 nitrogen and oxygen atoms in total. The number of carbonyl (C=O) groups is 2. The zero-order valence-corrected chi connectivity index (χ0v) is 24.0. The van der Waals surface area contributed by atoms with E-state index in [2.05, 4.69) is 50.5 Å². The van der Waals surface area contributed by atoms with Crippen molar-refractivity contribution in [3.05, 3.63) is 101 Å².